The number of anilines is 2. The molecular weight excluding hydrogens is 451 g/mol. The van der Waals surface area contributed by atoms with E-state index in [1.807, 2.05) is 55.5 Å². The summed E-state index contributed by atoms with van der Waals surface area (Å²) in [6, 6.07) is 23.4. The predicted molar refractivity (Wildman–Crippen MR) is 132 cm³/mol. The highest BCUT2D eigenvalue weighted by Crippen LogP contribution is 2.36. The fraction of sp³-hybridized carbons (Fsp3) is 0.250. The molecule has 5 rings (SSSR count). The summed E-state index contributed by atoms with van der Waals surface area (Å²) in [6.45, 7) is 4.16. The minimum Gasteiger partial charge on any atom is -0.489 e. The third-order valence-corrected chi connectivity index (χ3v) is 6.14. The number of benzene rings is 3. The Morgan fingerprint density at radius 3 is 2.57 bits per heavy atom. The van der Waals surface area contributed by atoms with Gasteiger partial charge in [0.1, 0.15) is 11.9 Å². The summed E-state index contributed by atoms with van der Waals surface area (Å²) >= 11 is 0. The van der Waals surface area contributed by atoms with E-state index in [-0.39, 0.29) is 11.9 Å². The molecule has 0 radical (unpaired) electrons. The minimum absolute atomic E-state index is 0.168. The normalized spacial score (nSPS) is 16.5. The van der Waals surface area contributed by atoms with Gasteiger partial charge in [0.2, 0.25) is 0 Å². The van der Waals surface area contributed by atoms with Crippen LogP contribution >= 0.6 is 0 Å². The predicted octanol–water partition coefficient (Wildman–Crippen LogP) is 6.96. The van der Waals surface area contributed by atoms with Gasteiger partial charge in [-0.2, -0.15) is 13.2 Å². The zero-order valence-corrected chi connectivity index (χ0v) is 19.3. The number of pyridine rings is 1. The van der Waals surface area contributed by atoms with E-state index < -0.39 is 11.7 Å². The lowest BCUT2D eigenvalue weighted by atomic mass is 10.1. The Bertz CT molecular complexity index is 1320. The lowest BCUT2D eigenvalue weighted by Gasteiger charge is -2.19. The molecule has 1 aliphatic heterocycles. The Kier molecular flexibility index (Phi) is 6.34. The molecule has 1 aromatic heterocycles. The van der Waals surface area contributed by atoms with E-state index >= 15 is 0 Å². The number of para-hydroxylation sites is 1. The molecule has 4 nitrogen and oxygen atoms in total. The van der Waals surface area contributed by atoms with Crippen LogP contribution < -0.4 is 10.1 Å². The average molecular weight is 478 g/mol. The third-order valence-electron chi connectivity index (χ3n) is 6.14. The summed E-state index contributed by atoms with van der Waals surface area (Å²) in [5.41, 5.74) is 3.05. The monoisotopic (exact) mass is 477 g/mol. The molecule has 0 bridgehead atoms. The van der Waals surface area contributed by atoms with Gasteiger partial charge in [0.15, 0.2) is 0 Å². The first kappa shape index (κ1) is 23.2. The number of fused-ring (bicyclic) bond motifs is 1. The van der Waals surface area contributed by atoms with Crippen LogP contribution in [0.5, 0.6) is 5.75 Å². The molecule has 1 fully saturated rings. The standard InChI is InChI=1S/C28H26F3N3O/c1-19-13-27(25-9-5-6-10-26(25)32-19)33-22-14-21(28(29,30)31)15-24(16-22)35-23-11-12-34(18-23)17-20-7-3-2-4-8-20/h2-10,13-16,23H,11-12,17-18H2,1H3,(H,32,33). The maximum atomic E-state index is 13.7. The molecule has 2 heterocycles. The highest BCUT2D eigenvalue weighted by atomic mass is 19.4. The Labute approximate surface area is 202 Å². The van der Waals surface area contributed by atoms with Crippen molar-refractivity contribution >= 4 is 22.3 Å². The van der Waals surface area contributed by atoms with Crippen LogP contribution in [0.15, 0.2) is 78.9 Å². The number of ether oxygens (including phenoxy) is 1. The molecule has 0 amide bonds. The molecule has 180 valence electrons. The number of aryl methyl sites for hydroxylation is 1. The molecule has 7 heteroatoms. The van der Waals surface area contributed by atoms with Gasteiger partial charge in [0, 0.05) is 48.2 Å². The van der Waals surface area contributed by atoms with E-state index in [4.69, 9.17) is 4.74 Å². The van der Waals surface area contributed by atoms with Crippen molar-refractivity contribution < 1.29 is 17.9 Å². The first-order chi connectivity index (χ1) is 16.8. The van der Waals surface area contributed by atoms with Crippen LogP contribution in [0.25, 0.3) is 10.9 Å². The van der Waals surface area contributed by atoms with Gasteiger partial charge in [0.25, 0.3) is 0 Å². The van der Waals surface area contributed by atoms with Crippen LogP contribution in [0.4, 0.5) is 24.5 Å². The number of alkyl halides is 3. The van der Waals surface area contributed by atoms with Gasteiger partial charge in [-0.3, -0.25) is 9.88 Å². The van der Waals surface area contributed by atoms with Gasteiger partial charge in [-0.05, 0) is 43.2 Å². The number of nitrogens with one attached hydrogen (secondary N) is 1. The summed E-state index contributed by atoms with van der Waals surface area (Å²) in [4.78, 5) is 6.77. The van der Waals surface area contributed by atoms with Crippen molar-refractivity contribution in [2.24, 2.45) is 0 Å². The number of halogens is 3. The number of hydrogen-bond acceptors (Lipinski definition) is 4. The van der Waals surface area contributed by atoms with E-state index in [0.717, 1.165) is 48.2 Å². The molecule has 3 aromatic carbocycles. The maximum Gasteiger partial charge on any atom is 0.416 e. The van der Waals surface area contributed by atoms with Crippen molar-refractivity contribution in [1.82, 2.24) is 9.88 Å². The summed E-state index contributed by atoms with van der Waals surface area (Å²) in [7, 11) is 0. The van der Waals surface area contributed by atoms with Crippen molar-refractivity contribution in [3.63, 3.8) is 0 Å². The van der Waals surface area contributed by atoms with E-state index in [1.54, 1.807) is 6.07 Å². The molecule has 1 N–H and O–H groups in total. The molecule has 0 aliphatic carbocycles. The minimum atomic E-state index is -4.49. The van der Waals surface area contributed by atoms with Crippen molar-refractivity contribution in [3.05, 3.63) is 95.7 Å². The van der Waals surface area contributed by atoms with Gasteiger partial charge in [-0.1, -0.05) is 48.5 Å². The van der Waals surface area contributed by atoms with Gasteiger partial charge < -0.3 is 10.1 Å². The fourth-order valence-electron chi connectivity index (χ4n) is 4.54. The largest absolute Gasteiger partial charge is 0.489 e. The molecular formula is C28H26F3N3O. The zero-order chi connectivity index (χ0) is 24.4. The van der Waals surface area contributed by atoms with Crippen molar-refractivity contribution in [2.45, 2.75) is 32.2 Å². The Morgan fingerprint density at radius 2 is 1.77 bits per heavy atom. The summed E-state index contributed by atoms with van der Waals surface area (Å²) in [5, 5.41) is 4.01. The van der Waals surface area contributed by atoms with Gasteiger partial charge in [-0.15, -0.1) is 0 Å². The van der Waals surface area contributed by atoms with Gasteiger partial charge in [0.05, 0.1) is 11.1 Å². The van der Waals surface area contributed by atoms with Crippen molar-refractivity contribution in [3.8, 4) is 5.75 Å². The Hall–Kier alpha value is -3.58. The highest BCUT2D eigenvalue weighted by molar-refractivity contribution is 5.93. The second-order valence-corrected chi connectivity index (χ2v) is 8.95. The van der Waals surface area contributed by atoms with Crippen LogP contribution in [0.2, 0.25) is 0 Å². The number of rotatable bonds is 6. The first-order valence-electron chi connectivity index (χ1n) is 11.6. The quantitative estimate of drug-likeness (QED) is 0.326. The smallest absolute Gasteiger partial charge is 0.416 e. The number of likely N-dealkylation sites (tertiary alicyclic amines) is 1. The van der Waals surface area contributed by atoms with E-state index in [1.165, 1.54) is 5.56 Å². The maximum absolute atomic E-state index is 13.7. The molecule has 1 unspecified atom stereocenters. The summed E-state index contributed by atoms with van der Waals surface area (Å²) in [5.74, 6) is 0.212. The van der Waals surface area contributed by atoms with Crippen molar-refractivity contribution in [2.75, 3.05) is 18.4 Å². The second kappa shape index (κ2) is 9.58. The lowest BCUT2D eigenvalue weighted by Crippen LogP contribution is -2.24. The molecule has 35 heavy (non-hydrogen) atoms. The van der Waals surface area contributed by atoms with E-state index in [9.17, 15) is 13.2 Å². The summed E-state index contributed by atoms with van der Waals surface area (Å²) in [6.07, 6.45) is -3.89. The van der Waals surface area contributed by atoms with Crippen molar-refractivity contribution in [1.29, 1.82) is 0 Å². The fourth-order valence-corrected chi connectivity index (χ4v) is 4.54. The van der Waals surface area contributed by atoms with Crippen LogP contribution in [-0.4, -0.2) is 29.1 Å². The Balaban J connectivity index is 1.38. The molecule has 1 atom stereocenters. The van der Waals surface area contributed by atoms with Crippen LogP contribution in [-0.2, 0) is 12.7 Å². The topological polar surface area (TPSA) is 37.4 Å². The number of nitrogens with zero attached hydrogens (tertiary/aromatic N) is 2. The third kappa shape index (κ3) is 5.57. The summed E-state index contributed by atoms with van der Waals surface area (Å²) < 4.78 is 47.2. The molecule has 1 aliphatic rings. The average Bonchev–Trinajstić information content (AvgIpc) is 3.25. The second-order valence-electron chi connectivity index (χ2n) is 8.95. The van der Waals surface area contributed by atoms with Crippen LogP contribution in [0.1, 0.15) is 23.2 Å². The molecule has 1 saturated heterocycles. The van der Waals surface area contributed by atoms with E-state index in [2.05, 4.69) is 27.3 Å². The first-order valence-corrected chi connectivity index (χ1v) is 11.6. The zero-order valence-electron chi connectivity index (χ0n) is 19.3. The number of aromatic nitrogens is 1. The van der Waals surface area contributed by atoms with Crippen LogP contribution in [0, 0.1) is 6.92 Å². The molecule has 0 spiro atoms. The van der Waals surface area contributed by atoms with Gasteiger partial charge >= 0.3 is 6.18 Å². The molecule has 0 saturated carbocycles. The SMILES string of the molecule is Cc1cc(Nc2cc(OC3CCN(Cc4ccccc4)C3)cc(C(F)(F)F)c2)c2ccccc2n1. The van der Waals surface area contributed by atoms with Crippen LogP contribution in [0.3, 0.4) is 0 Å². The lowest BCUT2D eigenvalue weighted by molar-refractivity contribution is -0.137. The Morgan fingerprint density at radius 1 is 1.00 bits per heavy atom. The number of hydrogen-bond donors (Lipinski definition) is 1. The highest BCUT2D eigenvalue weighted by Gasteiger charge is 2.32. The van der Waals surface area contributed by atoms with E-state index in [0.29, 0.717) is 17.9 Å². The molecule has 4 aromatic rings. The van der Waals surface area contributed by atoms with Gasteiger partial charge in [-0.25, -0.2) is 0 Å².